The van der Waals surface area contributed by atoms with Crippen molar-refractivity contribution >= 4 is 56.9 Å². The molecule has 0 spiro atoms. The van der Waals surface area contributed by atoms with Gasteiger partial charge >= 0.3 is 5.97 Å². The van der Waals surface area contributed by atoms with Crippen LogP contribution in [-0.4, -0.2) is 49.3 Å². The van der Waals surface area contributed by atoms with Crippen LogP contribution in [0.4, 0.5) is 10.7 Å². The number of benzene rings is 1. The van der Waals surface area contributed by atoms with Gasteiger partial charge in [-0.1, -0.05) is 17.7 Å². The number of methoxy groups -OCH3 is 1. The SMILES string of the molecule is COC(=O)c1c(NC(=S)N2CCN(c3cc(Cl)ccc3C)CC2)sc(C)c1C. The summed E-state index contributed by atoms with van der Waals surface area (Å²) in [5, 5.41) is 5.40. The van der Waals surface area contributed by atoms with Gasteiger partial charge in [0.15, 0.2) is 5.11 Å². The molecule has 1 fully saturated rings. The molecule has 8 heteroatoms. The third-order valence-electron chi connectivity index (χ3n) is 5.07. The van der Waals surface area contributed by atoms with Gasteiger partial charge in [-0.25, -0.2) is 4.79 Å². The topological polar surface area (TPSA) is 44.8 Å². The molecular weight excluding hydrogens is 414 g/mol. The van der Waals surface area contributed by atoms with E-state index in [-0.39, 0.29) is 5.97 Å². The van der Waals surface area contributed by atoms with E-state index in [0.29, 0.717) is 10.7 Å². The van der Waals surface area contributed by atoms with E-state index in [9.17, 15) is 4.79 Å². The Bertz CT molecular complexity index is 905. The number of thiocarbonyl (C=S) groups is 1. The molecule has 0 amide bonds. The Morgan fingerprint density at radius 2 is 1.89 bits per heavy atom. The molecule has 2 aromatic rings. The molecule has 2 heterocycles. The average Bonchev–Trinajstić information content (AvgIpc) is 2.96. The molecule has 0 unspecified atom stereocenters. The lowest BCUT2D eigenvalue weighted by Gasteiger charge is -2.38. The Hall–Kier alpha value is -1.83. The van der Waals surface area contributed by atoms with Crippen molar-refractivity contribution in [3.8, 4) is 0 Å². The normalized spacial score (nSPS) is 14.2. The maximum atomic E-state index is 12.2. The van der Waals surface area contributed by atoms with Gasteiger partial charge in [-0.15, -0.1) is 11.3 Å². The Morgan fingerprint density at radius 1 is 1.21 bits per heavy atom. The van der Waals surface area contributed by atoms with Gasteiger partial charge in [0.1, 0.15) is 5.00 Å². The number of hydrogen-bond donors (Lipinski definition) is 1. The summed E-state index contributed by atoms with van der Waals surface area (Å²) >= 11 is 13.3. The number of aryl methyl sites for hydroxylation is 2. The molecule has 150 valence electrons. The molecule has 0 saturated carbocycles. The molecule has 1 aliphatic rings. The quantitative estimate of drug-likeness (QED) is 0.557. The fraction of sp³-hybridized carbons (Fsp3) is 0.400. The van der Waals surface area contributed by atoms with E-state index in [1.807, 2.05) is 32.0 Å². The number of halogens is 1. The van der Waals surface area contributed by atoms with Crippen LogP contribution in [0.15, 0.2) is 18.2 Å². The lowest BCUT2D eigenvalue weighted by molar-refractivity contribution is 0.0601. The lowest BCUT2D eigenvalue weighted by Crippen LogP contribution is -2.50. The third kappa shape index (κ3) is 4.26. The summed E-state index contributed by atoms with van der Waals surface area (Å²) in [6.45, 7) is 9.33. The number of hydrogen-bond acceptors (Lipinski definition) is 5. The summed E-state index contributed by atoms with van der Waals surface area (Å²) in [6.07, 6.45) is 0. The Morgan fingerprint density at radius 3 is 2.54 bits per heavy atom. The second-order valence-electron chi connectivity index (χ2n) is 6.81. The molecule has 3 rings (SSSR count). The maximum absolute atomic E-state index is 12.2. The van der Waals surface area contributed by atoms with Gasteiger partial charge in [0.2, 0.25) is 0 Å². The highest BCUT2D eigenvalue weighted by Crippen LogP contribution is 2.33. The van der Waals surface area contributed by atoms with Crippen molar-refractivity contribution < 1.29 is 9.53 Å². The number of thiophene rings is 1. The first-order valence-electron chi connectivity index (χ1n) is 9.07. The Kier molecular flexibility index (Phi) is 6.47. The first kappa shape index (κ1) is 20.9. The van der Waals surface area contributed by atoms with Crippen LogP contribution in [-0.2, 0) is 4.74 Å². The molecule has 1 saturated heterocycles. The summed E-state index contributed by atoms with van der Waals surface area (Å²) in [4.78, 5) is 17.7. The molecule has 1 aliphatic heterocycles. The van der Waals surface area contributed by atoms with E-state index in [1.165, 1.54) is 29.7 Å². The second kappa shape index (κ2) is 8.68. The van der Waals surface area contributed by atoms with Crippen molar-refractivity contribution in [1.29, 1.82) is 0 Å². The van der Waals surface area contributed by atoms with Gasteiger partial charge in [-0.05, 0) is 56.2 Å². The van der Waals surface area contributed by atoms with Crippen LogP contribution < -0.4 is 10.2 Å². The highest BCUT2D eigenvalue weighted by Gasteiger charge is 2.24. The van der Waals surface area contributed by atoms with E-state index in [2.05, 4.69) is 22.0 Å². The third-order valence-corrected chi connectivity index (χ3v) is 6.79. The minimum Gasteiger partial charge on any atom is -0.465 e. The Labute approximate surface area is 180 Å². The standard InChI is InChI=1S/C20H24ClN3O2S2/c1-12-5-6-15(21)11-16(12)23-7-9-24(10-8-23)20(27)22-18-17(19(25)26-4)13(2)14(3)28-18/h5-6,11H,7-10H2,1-4H3,(H,22,27). The van der Waals surface area contributed by atoms with Crippen molar-refractivity contribution in [2.45, 2.75) is 20.8 Å². The monoisotopic (exact) mass is 437 g/mol. The minimum absolute atomic E-state index is 0.339. The molecule has 0 atom stereocenters. The number of nitrogens with zero attached hydrogens (tertiary/aromatic N) is 2. The van der Waals surface area contributed by atoms with Crippen molar-refractivity contribution in [3.63, 3.8) is 0 Å². The fourth-order valence-electron chi connectivity index (χ4n) is 3.31. The predicted molar refractivity (Wildman–Crippen MR) is 121 cm³/mol. The van der Waals surface area contributed by atoms with Crippen molar-refractivity contribution in [2.75, 3.05) is 43.5 Å². The molecule has 0 radical (unpaired) electrons. The van der Waals surface area contributed by atoms with Crippen molar-refractivity contribution in [1.82, 2.24) is 4.90 Å². The molecule has 1 N–H and O–H groups in total. The highest BCUT2D eigenvalue weighted by atomic mass is 35.5. The van der Waals surface area contributed by atoms with Crippen molar-refractivity contribution in [3.05, 3.63) is 44.8 Å². The smallest absolute Gasteiger partial charge is 0.341 e. The minimum atomic E-state index is -0.339. The van der Waals surface area contributed by atoms with Gasteiger partial charge in [-0.2, -0.15) is 0 Å². The number of ether oxygens (including phenoxy) is 1. The molecular formula is C20H24ClN3O2S2. The summed E-state index contributed by atoms with van der Waals surface area (Å²) < 4.78 is 4.94. The average molecular weight is 438 g/mol. The molecule has 1 aromatic carbocycles. The number of carbonyl (C=O) groups is 1. The van der Waals surface area contributed by atoms with E-state index in [0.717, 1.165) is 46.6 Å². The van der Waals surface area contributed by atoms with Crippen LogP contribution >= 0.6 is 35.2 Å². The number of anilines is 2. The summed E-state index contributed by atoms with van der Waals surface area (Å²) in [7, 11) is 1.40. The summed E-state index contributed by atoms with van der Waals surface area (Å²) in [6, 6.07) is 5.98. The van der Waals surface area contributed by atoms with Gasteiger partial charge in [0.25, 0.3) is 0 Å². The summed E-state index contributed by atoms with van der Waals surface area (Å²) in [5.41, 5.74) is 3.89. The number of piperazine rings is 1. The number of carbonyl (C=O) groups excluding carboxylic acids is 1. The number of nitrogens with one attached hydrogen (secondary N) is 1. The van der Waals surface area contributed by atoms with Gasteiger partial charge in [0.05, 0.1) is 12.7 Å². The fourth-order valence-corrected chi connectivity index (χ4v) is 4.88. The zero-order valence-electron chi connectivity index (χ0n) is 16.5. The van der Waals surface area contributed by atoms with Crippen LogP contribution in [0.2, 0.25) is 5.02 Å². The van der Waals surface area contributed by atoms with Gasteiger partial charge < -0.3 is 19.9 Å². The first-order chi connectivity index (χ1) is 13.3. The second-order valence-corrected chi connectivity index (χ2v) is 8.86. The van der Waals surface area contributed by atoms with Crippen molar-refractivity contribution in [2.24, 2.45) is 0 Å². The highest BCUT2D eigenvalue weighted by molar-refractivity contribution is 7.80. The van der Waals surface area contributed by atoms with Crippen LogP contribution in [0.3, 0.4) is 0 Å². The molecule has 5 nitrogen and oxygen atoms in total. The molecule has 1 aromatic heterocycles. The predicted octanol–water partition coefficient (Wildman–Crippen LogP) is 4.63. The van der Waals surface area contributed by atoms with Crippen LogP contribution in [0.25, 0.3) is 0 Å². The zero-order valence-corrected chi connectivity index (χ0v) is 18.9. The number of esters is 1. The lowest BCUT2D eigenvalue weighted by atomic mass is 10.1. The summed E-state index contributed by atoms with van der Waals surface area (Å²) in [5.74, 6) is -0.339. The van der Waals surface area contributed by atoms with E-state index in [4.69, 9.17) is 28.6 Å². The Balaban J connectivity index is 1.67. The van der Waals surface area contributed by atoms with E-state index >= 15 is 0 Å². The zero-order chi connectivity index (χ0) is 20.4. The van der Waals surface area contributed by atoms with Gasteiger partial charge in [-0.3, -0.25) is 0 Å². The first-order valence-corrected chi connectivity index (χ1v) is 10.7. The maximum Gasteiger partial charge on any atom is 0.341 e. The molecule has 0 aliphatic carbocycles. The van der Waals surface area contributed by atoms with Crippen LogP contribution in [0, 0.1) is 20.8 Å². The largest absolute Gasteiger partial charge is 0.465 e. The van der Waals surface area contributed by atoms with Crippen LogP contribution in [0.5, 0.6) is 0 Å². The van der Waals surface area contributed by atoms with E-state index < -0.39 is 0 Å². The van der Waals surface area contributed by atoms with Gasteiger partial charge in [0, 0.05) is 41.8 Å². The molecule has 0 bridgehead atoms. The molecule has 28 heavy (non-hydrogen) atoms. The number of rotatable bonds is 3. The van der Waals surface area contributed by atoms with E-state index in [1.54, 1.807) is 0 Å². The van der Waals surface area contributed by atoms with Crippen LogP contribution in [0.1, 0.15) is 26.4 Å².